The molecule has 0 fully saturated rings. The maximum Gasteiger partial charge on any atom is 0.341 e. The number of ether oxygens (including phenoxy) is 1. The summed E-state index contributed by atoms with van der Waals surface area (Å²) in [6, 6.07) is 19.4. The van der Waals surface area contributed by atoms with E-state index in [4.69, 9.17) is 4.74 Å². The molecule has 34 heavy (non-hydrogen) atoms. The highest BCUT2D eigenvalue weighted by Gasteiger charge is 2.30. The lowest BCUT2D eigenvalue weighted by Crippen LogP contribution is -2.34. The Morgan fingerprint density at radius 1 is 1.09 bits per heavy atom. The summed E-state index contributed by atoms with van der Waals surface area (Å²) < 4.78 is 5.36. The van der Waals surface area contributed by atoms with Crippen LogP contribution in [0, 0.1) is 5.92 Å². The third-order valence-corrected chi connectivity index (χ3v) is 7.40. The first-order chi connectivity index (χ1) is 16.6. The van der Waals surface area contributed by atoms with Crippen molar-refractivity contribution in [3.8, 4) is 0 Å². The van der Waals surface area contributed by atoms with Crippen molar-refractivity contribution < 1.29 is 14.3 Å². The highest BCUT2D eigenvalue weighted by Crippen LogP contribution is 2.40. The van der Waals surface area contributed by atoms with E-state index < -0.39 is 6.04 Å². The predicted octanol–water partition coefficient (Wildman–Crippen LogP) is 5.56. The Bertz CT molecular complexity index is 1110. The molecular formula is C28H32N2O3S. The van der Waals surface area contributed by atoms with Gasteiger partial charge in [0.05, 0.1) is 12.2 Å². The molecule has 2 aromatic carbocycles. The number of thiophene rings is 1. The fraction of sp³-hybridized carbons (Fsp3) is 0.357. The summed E-state index contributed by atoms with van der Waals surface area (Å²) >= 11 is 1.52. The molecule has 1 aliphatic rings. The fourth-order valence-electron chi connectivity index (χ4n) is 4.46. The van der Waals surface area contributed by atoms with Crippen molar-refractivity contribution in [2.75, 3.05) is 18.5 Å². The molecule has 2 N–H and O–H groups in total. The molecule has 3 aromatic rings. The number of esters is 1. The van der Waals surface area contributed by atoms with Gasteiger partial charge in [-0.25, -0.2) is 4.79 Å². The van der Waals surface area contributed by atoms with Gasteiger partial charge >= 0.3 is 5.97 Å². The summed E-state index contributed by atoms with van der Waals surface area (Å²) in [5.41, 5.74) is 3.69. The summed E-state index contributed by atoms with van der Waals surface area (Å²) in [4.78, 5) is 27.6. The quantitative estimate of drug-likeness (QED) is 0.397. The van der Waals surface area contributed by atoms with Gasteiger partial charge in [0.1, 0.15) is 11.0 Å². The maximum absolute atomic E-state index is 13.5. The first kappa shape index (κ1) is 24.2. The Kier molecular flexibility index (Phi) is 8.14. The molecule has 178 valence electrons. The average Bonchev–Trinajstić information content (AvgIpc) is 3.20. The van der Waals surface area contributed by atoms with Crippen LogP contribution in [0.1, 0.15) is 58.2 Å². The Labute approximate surface area is 205 Å². The zero-order valence-electron chi connectivity index (χ0n) is 19.8. The van der Waals surface area contributed by atoms with Crippen LogP contribution in [-0.2, 0) is 28.8 Å². The summed E-state index contributed by atoms with van der Waals surface area (Å²) in [6.45, 7) is 4.99. The zero-order chi connectivity index (χ0) is 23.9. The third kappa shape index (κ3) is 5.75. The van der Waals surface area contributed by atoms with Crippen LogP contribution in [0.3, 0.4) is 0 Å². The van der Waals surface area contributed by atoms with Crippen molar-refractivity contribution in [1.82, 2.24) is 5.32 Å². The highest BCUT2D eigenvalue weighted by atomic mass is 32.1. The molecule has 0 spiro atoms. The molecule has 0 radical (unpaired) electrons. The first-order valence-corrected chi connectivity index (χ1v) is 12.8. The molecule has 1 aromatic heterocycles. The molecule has 2 atom stereocenters. The topological polar surface area (TPSA) is 67.4 Å². The van der Waals surface area contributed by atoms with Crippen LogP contribution in [0.25, 0.3) is 0 Å². The maximum atomic E-state index is 13.5. The van der Waals surface area contributed by atoms with Crippen LogP contribution >= 0.6 is 11.3 Å². The van der Waals surface area contributed by atoms with E-state index in [-0.39, 0.29) is 11.9 Å². The number of hydrogen-bond donors (Lipinski definition) is 2. The van der Waals surface area contributed by atoms with Gasteiger partial charge < -0.3 is 15.4 Å². The van der Waals surface area contributed by atoms with Crippen LogP contribution in [-0.4, -0.2) is 25.0 Å². The number of carbonyl (C=O) groups excluding carboxylic acids is 2. The summed E-state index contributed by atoms with van der Waals surface area (Å²) in [7, 11) is 0. The molecule has 1 heterocycles. The van der Waals surface area contributed by atoms with E-state index in [2.05, 4.69) is 29.7 Å². The van der Waals surface area contributed by atoms with Gasteiger partial charge in [-0.05, 0) is 55.2 Å². The molecule has 0 unspecified atom stereocenters. The largest absolute Gasteiger partial charge is 0.462 e. The lowest BCUT2D eigenvalue weighted by Gasteiger charge is -2.19. The molecule has 1 amide bonds. The van der Waals surface area contributed by atoms with Gasteiger partial charge in [0.15, 0.2) is 0 Å². The smallest absolute Gasteiger partial charge is 0.341 e. The molecule has 6 heteroatoms. The minimum atomic E-state index is -0.530. The van der Waals surface area contributed by atoms with Gasteiger partial charge in [-0.2, -0.15) is 0 Å². The number of rotatable bonds is 9. The third-order valence-electron chi connectivity index (χ3n) is 6.23. The monoisotopic (exact) mass is 476 g/mol. The van der Waals surface area contributed by atoms with Crippen LogP contribution in [0.5, 0.6) is 0 Å². The van der Waals surface area contributed by atoms with Crippen LogP contribution in [0.4, 0.5) is 5.00 Å². The van der Waals surface area contributed by atoms with Crippen LogP contribution in [0.15, 0.2) is 60.7 Å². The van der Waals surface area contributed by atoms with Gasteiger partial charge in [0.25, 0.3) is 0 Å². The van der Waals surface area contributed by atoms with Gasteiger partial charge in [0, 0.05) is 11.4 Å². The minimum Gasteiger partial charge on any atom is -0.462 e. The molecule has 0 saturated heterocycles. The van der Waals surface area contributed by atoms with Crippen molar-refractivity contribution in [2.45, 2.75) is 45.6 Å². The van der Waals surface area contributed by atoms with E-state index >= 15 is 0 Å². The predicted molar refractivity (Wildman–Crippen MR) is 137 cm³/mol. The highest BCUT2D eigenvalue weighted by molar-refractivity contribution is 7.17. The van der Waals surface area contributed by atoms with Crippen LogP contribution < -0.4 is 10.6 Å². The van der Waals surface area contributed by atoms with Crippen molar-refractivity contribution in [2.24, 2.45) is 5.92 Å². The fourth-order valence-corrected chi connectivity index (χ4v) is 5.86. The first-order valence-electron chi connectivity index (χ1n) is 12.0. The SMILES string of the molecule is CCOC(=O)c1c(NC(=O)[C@@H](NCCc2ccccc2)c2ccccc2)sc2c1CC[C@@H](C)C2. The minimum absolute atomic E-state index is 0.170. The summed E-state index contributed by atoms with van der Waals surface area (Å²) in [5, 5.41) is 7.11. The molecule has 4 rings (SSSR count). The average molecular weight is 477 g/mol. The van der Waals surface area contributed by atoms with E-state index in [1.54, 1.807) is 6.92 Å². The van der Waals surface area contributed by atoms with E-state index in [9.17, 15) is 9.59 Å². The zero-order valence-corrected chi connectivity index (χ0v) is 20.6. The second-order valence-electron chi connectivity index (χ2n) is 8.80. The number of fused-ring (bicyclic) bond motifs is 1. The lowest BCUT2D eigenvalue weighted by molar-refractivity contribution is -0.118. The second kappa shape index (κ2) is 11.4. The van der Waals surface area contributed by atoms with Crippen molar-refractivity contribution in [3.05, 3.63) is 87.8 Å². The van der Waals surface area contributed by atoms with E-state index in [0.717, 1.165) is 36.8 Å². The normalized spacial score (nSPS) is 15.9. The number of amides is 1. The van der Waals surface area contributed by atoms with Gasteiger partial charge in [-0.3, -0.25) is 4.79 Å². The van der Waals surface area contributed by atoms with Gasteiger partial charge in [-0.1, -0.05) is 67.6 Å². The Hall–Kier alpha value is -2.96. The van der Waals surface area contributed by atoms with Crippen molar-refractivity contribution in [3.63, 3.8) is 0 Å². The Balaban J connectivity index is 1.56. The Morgan fingerprint density at radius 2 is 1.79 bits per heavy atom. The summed E-state index contributed by atoms with van der Waals surface area (Å²) in [5.74, 6) is 0.0519. The van der Waals surface area contributed by atoms with E-state index in [0.29, 0.717) is 29.6 Å². The summed E-state index contributed by atoms with van der Waals surface area (Å²) in [6.07, 6.45) is 3.63. The van der Waals surface area contributed by atoms with E-state index in [1.165, 1.54) is 21.8 Å². The molecule has 5 nitrogen and oxygen atoms in total. The van der Waals surface area contributed by atoms with Crippen molar-refractivity contribution in [1.29, 1.82) is 0 Å². The Morgan fingerprint density at radius 3 is 2.50 bits per heavy atom. The molecular weight excluding hydrogens is 444 g/mol. The number of hydrogen-bond acceptors (Lipinski definition) is 5. The van der Waals surface area contributed by atoms with Crippen LogP contribution in [0.2, 0.25) is 0 Å². The molecule has 0 aliphatic heterocycles. The number of anilines is 1. The molecule has 0 saturated carbocycles. The number of nitrogens with one attached hydrogen (secondary N) is 2. The van der Waals surface area contributed by atoms with E-state index in [1.807, 2.05) is 48.5 Å². The molecule has 0 bridgehead atoms. The second-order valence-corrected chi connectivity index (χ2v) is 9.90. The molecule has 1 aliphatic carbocycles. The lowest BCUT2D eigenvalue weighted by atomic mass is 9.88. The number of carbonyl (C=O) groups is 2. The van der Waals surface area contributed by atoms with Crippen molar-refractivity contribution >= 4 is 28.2 Å². The standard InChI is InChI=1S/C28H32N2O3S/c1-3-33-28(32)24-22-15-14-19(2)18-23(22)34-27(24)30-26(31)25(21-12-8-5-9-13-21)29-17-16-20-10-6-4-7-11-20/h4-13,19,25,29H,3,14-18H2,1-2H3,(H,30,31)/t19-,25+/m1/s1. The van der Waals surface area contributed by atoms with Gasteiger partial charge in [0.2, 0.25) is 5.91 Å². The number of benzene rings is 2. The van der Waals surface area contributed by atoms with Gasteiger partial charge in [-0.15, -0.1) is 11.3 Å².